The minimum absolute atomic E-state index is 0.136. The average Bonchev–Trinajstić information content (AvgIpc) is 1.83. The van der Waals surface area contributed by atoms with Gasteiger partial charge in [0.05, 0.1) is 18.0 Å². The average molecular weight is 255 g/mol. The first kappa shape index (κ1) is 12.9. The summed E-state index contributed by atoms with van der Waals surface area (Å²) in [5.74, 6) is 0. The van der Waals surface area contributed by atoms with E-state index in [2.05, 4.69) is 4.18 Å². The zero-order valence-electron chi connectivity index (χ0n) is 6.10. The van der Waals surface area contributed by atoms with E-state index in [0.717, 1.165) is 0 Å². The first-order valence-electron chi connectivity index (χ1n) is 3.21. The van der Waals surface area contributed by atoms with Crippen LogP contribution in [-0.2, 0) is 15.5 Å². The van der Waals surface area contributed by atoms with Crippen LogP contribution in [0.5, 0.6) is 0 Å². The van der Waals surface area contributed by atoms with Crippen molar-refractivity contribution in [2.45, 2.75) is 23.1 Å². The van der Waals surface area contributed by atoms with Crippen LogP contribution in [0.1, 0.15) is 19.3 Å². The van der Waals surface area contributed by atoms with Gasteiger partial charge < -0.3 is 8.74 Å². The van der Waals surface area contributed by atoms with Gasteiger partial charge in [0.1, 0.15) is 0 Å². The highest BCUT2D eigenvalue weighted by molar-refractivity contribution is 7.74. The van der Waals surface area contributed by atoms with Crippen LogP contribution in [-0.4, -0.2) is 19.2 Å². The van der Waals surface area contributed by atoms with Gasteiger partial charge in [-0.05, 0) is 19.3 Å². The lowest BCUT2D eigenvalue weighted by molar-refractivity contribution is 0.291. The second-order valence-electron chi connectivity index (χ2n) is 2.10. The number of hydrogen-bond acceptors (Lipinski definition) is 3. The molecule has 0 aromatic carbocycles. The Labute approximate surface area is 88.8 Å². The molecular formula is C5H8Cl3O3S-. The maximum atomic E-state index is 9.86. The Morgan fingerprint density at radius 2 is 1.92 bits per heavy atom. The Morgan fingerprint density at radius 1 is 1.33 bits per heavy atom. The van der Waals surface area contributed by atoms with Crippen molar-refractivity contribution in [1.82, 2.24) is 0 Å². The van der Waals surface area contributed by atoms with Gasteiger partial charge in [-0.3, -0.25) is 0 Å². The molecule has 0 amide bonds. The number of alkyl halides is 3. The molecule has 0 spiro atoms. The van der Waals surface area contributed by atoms with E-state index in [-0.39, 0.29) is 6.61 Å². The number of unbranched alkanes of at least 4 members (excludes halogenated alkanes) is 1. The van der Waals surface area contributed by atoms with E-state index in [1.807, 2.05) is 0 Å². The zero-order chi connectivity index (χ0) is 9.61. The van der Waals surface area contributed by atoms with E-state index in [0.29, 0.717) is 19.3 Å². The van der Waals surface area contributed by atoms with Crippen molar-refractivity contribution in [2.75, 3.05) is 6.61 Å². The van der Waals surface area contributed by atoms with Crippen molar-refractivity contribution in [3.05, 3.63) is 0 Å². The molecule has 0 saturated carbocycles. The van der Waals surface area contributed by atoms with Crippen molar-refractivity contribution < 1.29 is 12.9 Å². The molecule has 3 nitrogen and oxygen atoms in total. The third-order valence-electron chi connectivity index (χ3n) is 1.03. The third kappa shape index (κ3) is 10.9. The van der Waals surface area contributed by atoms with Crippen LogP contribution in [0.4, 0.5) is 0 Å². The molecule has 0 aliphatic carbocycles. The standard InChI is InChI=1S/C5H9Cl3O3S/c6-5(7,8)3-1-2-4-11-12(9)10/h1-4H2,(H,9,10)/p-1. The van der Waals surface area contributed by atoms with Gasteiger partial charge in [0.15, 0.2) is 3.79 Å². The fourth-order valence-electron chi connectivity index (χ4n) is 0.554. The highest BCUT2D eigenvalue weighted by atomic mass is 35.6. The molecular weight excluding hydrogens is 246 g/mol. The Bertz CT molecular complexity index is 147. The van der Waals surface area contributed by atoms with Gasteiger partial charge >= 0.3 is 0 Å². The third-order valence-corrected chi connectivity index (χ3v) is 1.96. The molecule has 1 atom stereocenters. The monoisotopic (exact) mass is 253 g/mol. The summed E-state index contributed by atoms with van der Waals surface area (Å²) < 4.78 is 22.7. The lowest BCUT2D eigenvalue weighted by Gasteiger charge is -2.10. The normalized spacial score (nSPS) is 14.7. The van der Waals surface area contributed by atoms with Gasteiger partial charge in [0, 0.05) is 0 Å². The van der Waals surface area contributed by atoms with Gasteiger partial charge in [-0.2, -0.15) is 0 Å². The summed E-state index contributed by atoms with van der Waals surface area (Å²) in [7, 11) is 0. The summed E-state index contributed by atoms with van der Waals surface area (Å²) in [5.41, 5.74) is 0. The predicted octanol–water partition coefficient (Wildman–Crippen LogP) is 2.34. The van der Waals surface area contributed by atoms with Crippen molar-refractivity contribution >= 4 is 46.2 Å². The number of halogens is 3. The van der Waals surface area contributed by atoms with Crippen LogP contribution >= 0.6 is 34.8 Å². The van der Waals surface area contributed by atoms with Crippen LogP contribution in [0.3, 0.4) is 0 Å². The smallest absolute Gasteiger partial charge is 0.190 e. The summed E-state index contributed by atoms with van der Waals surface area (Å²) >= 11 is 13.9. The Balaban J connectivity index is 3.17. The fraction of sp³-hybridized carbons (Fsp3) is 1.00. The van der Waals surface area contributed by atoms with Crippen LogP contribution < -0.4 is 0 Å². The molecule has 0 heterocycles. The lowest BCUT2D eigenvalue weighted by Crippen LogP contribution is -2.03. The summed E-state index contributed by atoms with van der Waals surface area (Å²) in [4.78, 5) is 0. The second-order valence-corrected chi connectivity index (χ2v) is 5.26. The molecule has 0 bridgehead atoms. The molecule has 0 saturated heterocycles. The molecule has 0 aliphatic heterocycles. The molecule has 74 valence electrons. The van der Waals surface area contributed by atoms with Crippen molar-refractivity contribution in [3.63, 3.8) is 0 Å². The van der Waals surface area contributed by atoms with E-state index >= 15 is 0 Å². The van der Waals surface area contributed by atoms with E-state index in [4.69, 9.17) is 34.8 Å². The maximum absolute atomic E-state index is 9.86. The lowest BCUT2D eigenvalue weighted by atomic mass is 10.3. The molecule has 0 rings (SSSR count). The largest absolute Gasteiger partial charge is 0.750 e. The minimum atomic E-state index is -2.44. The van der Waals surface area contributed by atoms with Crippen LogP contribution in [0.2, 0.25) is 0 Å². The summed E-state index contributed by atoms with van der Waals surface area (Å²) in [6.07, 6.45) is 1.57. The molecule has 0 fully saturated rings. The maximum Gasteiger partial charge on any atom is 0.190 e. The predicted molar refractivity (Wildman–Crippen MR) is 49.0 cm³/mol. The first-order chi connectivity index (χ1) is 5.42. The Kier molecular flexibility index (Phi) is 6.90. The quantitative estimate of drug-likeness (QED) is 0.430. The number of hydrogen-bond donors (Lipinski definition) is 0. The van der Waals surface area contributed by atoms with Gasteiger partial charge in [0.2, 0.25) is 0 Å². The second kappa shape index (κ2) is 6.40. The van der Waals surface area contributed by atoms with Gasteiger partial charge in [0.25, 0.3) is 0 Å². The highest BCUT2D eigenvalue weighted by Gasteiger charge is 2.17. The van der Waals surface area contributed by atoms with Crippen LogP contribution in [0.15, 0.2) is 0 Å². The molecule has 0 N–H and O–H groups in total. The van der Waals surface area contributed by atoms with Crippen LogP contribution in [0, 0.1) is 0 Å². The Morgan fingerprint density at radius 3 is 2.33 bits per heavy atom. The van der Waals surface area contributed by atoms with Crippen molar-refractivity contribution in [3.8, 4) is 0 Å². The van der Waals surface area contributed by atoms with E-state index in [1.165, 1.54) is 0 Å². The van der Waals surface area contributed by atoms with Crippen molar-refractivity contribution in [1.29, 1.82) is 0 Å². The minimum Gasteiger partial charge on any atom is -0.750 e. The highest BCUT2D eigenvalue weighted by Crippen LogP contribution is 2.31. The van der Waals surface area contributed by atoms with Gasteiger partial charge in [-0.1, -0.05) is 34.8 Å². The van der Waals surface area contributed by atoms with Crippen LogP contribution in [0.25, 0.3) is 0 Å². The van der Waals surface area contributed by atoms with E-state index in [1.54, 1.807) is 0 Å². The van der Waals surface area contributed by atoms with E-state index in [9.17, 15) is 8.76 Å². The van der Waals surface area contributed by atoms with Gasteiger partial charge in [-0.25, -0.2) is 4.21 Å². The summed E-state index contributed by atoms with van der Waals surface area (Å²) in [6.45, 7) is 0.136. The first-order valence-corrected chi connectivity index (χ1v) is 5.34. The SMILES string of the molecule is O=S([O-])OCCCCC(Cl)(Cl)Cl. The zero-order valence-corrected chi connectivity index (χ0v) is 9.18. The van der Waals surface area contributed by atoms with Crippen molar-refractivity contribution in [2.24, 2.45) is 0 Å². The molecule has 0 aromatic rings. The molecule has 7 heteroatoms. The molecule has 12 heavy (non-hydrogen) atoms. The van der Waals surface area contributed by atoms with E-state index < -0.39 is 15.2 Å². The Hall–Kier alpha value is 0.940. The molecule has 0 radical (unpaired) electrons. The summed E-state index contributed by atoms with van der Waals surface area (Å²) in [6, 6.07) is 0. The molecule has 1 unspecified atom stereocenters. The molecule has 0 aliphatic rings. The summed E-state index contributed by atoms with van der Waals surface area (Å²) in [5, 5.41) is 0. The molecule has 0 aromatic heterocycles. The van der Waals surface area contributed by atoms with Gasteiger partial charge in [-0.15, -0.1) is 0 Å². The topological polar surface area (TPSA) is 49.4 Å². The fourth-order valence-corrected chi connectivity index (χ4v) is 1.21. The number of rotatable bonds is 5.